The highest BCUT2D eigenvalue weighted by atomic mass is 35.5. The molecule has 0 saturated carbocycles. The molecule has 3 N–H and O–H groups in total. The van der Waals surface area contributed by atoms with E-state index in [1.165, 1.54) is 11.1 Å². The Morgan fingerprint density at radius 2 is 2.00 bits per heavy atom. The van der Waals surface area contributed by atoms with Crippen LogP contribution in [0.25, 0.3) is 0 Å². The van der Waals surface area contributed by atoms with Crippen molar-refractivity contribution in [2.45, 2.75) is 25.9 Å². The van der Waals surface area contributed by atoms with Crippen LogP contribution in [0.2, 0.25) is 0 Å². The SMILES string of the molecule is CC(C(=O)NCCN)N1CCc2ccccc2C1.Cl.Cl. The van der Waals surface area contributed by atoms with Gasteiger partial charge in [-0.2, -0.15) is 0 Å². The van der Waals surface area contributed by atoms with Crippen LogP contribution < -0.4 is 11.1 Å². The van der Waals surface area contributed by atoms with Crippen LogP contribution in [0, 0.1) is 0 Å². The number of hydrogen-bond acceptors (Lipinski definition) is 3. The Morgan fingerprint density at radius 1 is 1.35 bits per heavy atom. The molecule has 1 heterocycles. The van der Waals surface area contributed by atoms with E-state index < -0.39 is 0 Å². The molecule has 0 bridgehead atoms. The molecule has 114 valence electrons. The molecule has 4 nitrogen and oxygen atoms in total. The average Bonchev–Trinajstić information content (AvgIpc) is 2.43. The number of carbonyl (C=O) groups is 1. The van der Waals surface area contributed by atoms with Gasteiger partial charge in [0.1, 0.15) is 0 Å². The van der Waals surface area contributed by atoms with E-state index in [2.05, 4.69) is 34.5 Å². The maximum absolute atomic E-state index is 11.9. The van der Waals surface area contributed by atoms with Crippen molar-refractivity contribution in [3.8, 4) is 0 Å². The molecule has 1 aliphatic heterocycles. The van der Waals surface area contributed by atoms with Crippen LogP contribution in [0.15, 0.2) is 24.3 Å². The van der Waals surface area contributed by atoms with Crippen molar-refractivity contribution in [3.05, 3.63) is 35.4 Å². The number of rotatable bonds is 4. The highest BCUT2D eigenvalue weighted by Gasteiger charge is 2.24. The van der Waals surface area contributed by atoms with E-state index in [9.17, 15) is 4.79 Å². The first-order chi connectivity index (χ1) is 8.72. The second-order valence-electron chi connectivity index (χ2n) is 4.74. The van der Waals surface area contributed by atoms with Crippen LogP contribution in [0.1, 0.15) is 18.1 Å². The molecule has 6 heteroatoms. The molecular weight excluding hydrogens is 297 g/mol. The number of nitrogens with two attached hydrogens (primary N) is 1. The number of amides is 1. The van der Waals surface area contributed by atoms with Crippen molar-refractivity contribution in [2.75, 3.05) is 19.6 Å². The van der Waals surface area contributed by atoms with Crippen LogP contribution in [-0.2, 0) is 17.8 Å². The number of nitrogens with zero attached hydrogens (tertiary/aromatic N) is 1. The fourth-order valence-electron chi connectivity index (χ4n) is 2.36. The summed E-state index contributed by atoms with van der Waals surface area (Å²) in [6.07, 6.45) is 1.02. The third-order valence-corrected chi connectivity index (χ3v) is 3.53. The lowest BCUT2D eigenvalue weighted by Gasteiger charge is -2.32. The number of nitrogens with one attached hydrogen (secondary N) is 1. The van der Waals surface area contributed by atoms with E-state index in [0.717, 1.165) is 19.5 Å². The summed E-state index contributed by atoms with van der Waals surface area (Å²) in [7, 11) is 0. The van der Waals surface area contributed by atoms with Gasteiger partial charge in [0.25, 0.3) is 0 Å². The van der Waals surface area contributed by atoms with Crippen LogP contribution >= 0.6 is 24.8 Å². The van der Waals surface area contributed by atoms with Crippen LogP contribution in [0.3, 0.4) is 0 Å². The molecule has 0 saturated heterocycles. The van der Waals surface area contributed by atoms with Crippen molar-refractivity contribution < 1.29 is 4.79 Å². The lowest BCUT2D eigenvalue weighted by Crippen LogP contribution is -2.47. The molecule has 1 aromatic rings. The second kappa shape index (κ2) is 9.19. The number of hydrogen-bond donors (Lipinski definition) is 2. The van der Waals surface area contributed by atoms with Gasteiger partial charge in [-0.15, -0.1) is 24.8 Å². The average molecular weight is 320 g/mol. The number of benzene rings is 1. The summed E-state index contributed by atoms with van der Waals surface area (Å²) >= 11 is 0. The van der Waals surface area contributed by atoms with E-state index in [1.54, 1.807) is 0 Å². The summed E-state index contributed by atoms with van der Waals surface area (Å²) < 4.78 is 0. The zero-order chi connectivity index (χ0) is 13.0. The van der Waals surface area contributed by atoms with Gasteiger partial charge >= 0.3 is 0 Å². The highest BCUT2D eigenvalue weighted by Crippen LogP contribution is 2.20. The Bertz CT molecular complexity index is 429. The molecule has 0 fully saturated rings. The Hall–Kier alpha value is -0.810. The van der Waals surface area contributed by atoms with Crippen molar-refractivity contribution >= 4 is 30.7 Å². The fourth-order valence-corrected chi connectivity index (χ4v) is 2.36. The summed E-state index contributed by atoms with van der Waals surface area (Å²) in [6, 6.07) is 8.36. The Labute approximate surface area is 132 Å². The lowest BCUT2D eigenvalue weighted by molar-refractivity contribution is -0.126. The molecule has 2 rings (SSSR count). The molecule has 0 aromatic heterocycles. The van der Waals surface area contributed by atoms with Crippen LogP contribution in [0.5, 0.6) is 0 Å². The molecule has 1 amide bonds. The van der Waals surface area contributed by atoms with Gasteiger partial charge in [0.2, 0.25) is 5.91 Å². The first kappa shape index (κ1) is 19.2. The molecular formula is C14H23Cl2N3O. The first-order valence-electron chi connectivity index (χ1n) is 6.51. The van der Waals surface area contributed by atoms with Gasteiger partial charge in [0, 0.05) is 26.2 Å². The standard InChI is InChI=1S/C14H21N3O.2ClH/c1-11(14(18)16-8-7-15)17-9-6-12-4-2-3-5-13(12)10-17;;/h2-5,11H,6-10,15H2,1H3,(H,16,18);2*1H. The quantitative estimate of drug-likeness (QED) is 0.880. The molecule has 0 spiro atoms. The lowest BCUT2D eigenvalue weighted by atomic mass is 9.99. The topological polar surface area (TPSA) is 58.4 Å². The summed E-state index contributed by atoms with van der Waals surface area (Å²) in [4.78, 5) is 14.1. The molecule has 0 aliphatic carbocycles. The van der Waals surface area contributed by atoms with E-state index >= 15 is 0 Å². The summed E-state index contributed by atoms with van der Waals surface area (Å²) in [5.41, 5.74) is 8.13. The van der Waals surface area contributed by atoms with Gasteiger partial charge in [0.05, 0.1) is 6.04 Å². The second-order valence-corrected chi connectivity index (χ2v) is 4.74. The maximum Gasteiger partial charge on any atom is 0.237 e. The molecule has 20 heavy (non-hydrogen) atoms. The van der Waals surface area contributed by atoms with Crippen molar-refractivity contribution in [2.24, 2.45) is 5.73 Å². The number of halogens is 2. The van der Waals surface area contributed by atoms with E-state index in [0.29, 0.717) is 13.1 Å². The smallest absolute Gasteiger partial charge is 0.237 e. The Balaban J connectivity index is 0.00000180. The minimum atomic E-state index is -0.0927. The molecule has 1 atom stereocenters. The monoisotopic (exact) mass is 319 g/mol. The predicted octanol–water partition coefficient (Wildman–Crippen LogP) is 1.35. The van der Waals surface area contributed by atoms with E-state index in [4.69, 9.17) is 5.73 Å². The van der Waals surface area contributed by atoms with Crippen LogP contribution in [0.4, 0.5) is 0 Å². The van der Waals surface area contributed by atoms with E-state index in [1.807, 2.05) is 6.92 Å². The molecule has 1 aromatic carbocycles. The summed E-state index contributed by atoms with van der Waals surface area (Å²) in [5, 5.41) is 2.85. The minimum absolute atomic E-state index is 0. The van der Waals surface area contributed by atoms with Gasteiger partial charge in [0.15, 0.2) is 0 Å². The zero-order valence-corrected chi connectivity index (χ0v) is 13.3. The Kier molecular flexibility index (Phi) is 8.81. The summed E-state index contributed by atoms with van der Waals surface area (Å²) in [6.45, 7) is 4.79. The Morgan fingerprint density at radius 3 is 2.65 bits per heavy atom. The van der Waals surface area contributed by atoms with Crippen molar-refractivity contribution in [3.63, 3.8) is 0 Å². The summed E-state index contributed by atoms with van der Waals surface area (Å²) in [5.74, 6) is 0.0693. The highest BCUT2D eigenvalue weighted by molar-refractivity contribution is 5.85. The zero-order valence-electron chi connectivity index (χ0n) is 11.7. The van der Waals surface area contributed by atoms with E-state index in [-0.39, 0.29) is 36.8 Å². The van der Waals surface area contributed by atoms with Crippen LogP contribution in [-0.4, -0.2) is 36.5 Å². The molecule has 1 aliphatic rings. The van der Waals surface area contributed by atoms with Gasteiger partial charge in [-0.05, 0) is 24.5 Å². The molecule has 1 unspecified atom stereocenters. The first-order valence-corrected chi connectivity index (χ1v) is 6.51. The van der Waals surface area contributed by atoms with Gasteiger partial charge in [-0.3, -0.25) is 9.69 Å². The maximum atomic E-state index is 11.9. The minimum Gasteiger partial charge on any atom is -0.353 e. The van der Waals surface area contributed by atoms with Gasteiger partial charge in [-0.1, -0.05) is 24.3 Å². The predicted molar refractivity (Wildman–Crippen MR) is 86.6 cm³/mol. The number of carbonyl (C=O) groups excluding carboxylic acids is 1. The fraction of sp³-hybridized carbons (Fsp3) is 0.500. The third-order valence-electron chi connectivity index (χ3n) is 3.53. The van der Waals surface area contributed by atoms with Gasteiger partial charge in [-0.25, -0.2) is 0 Å². The normalized spacial score (nSPS) is 15.3. The number of fused-ring (bicyclic) bond motifs is 1. The third kappa shape index (κ3) is 4.63. The van der Waals surface area contributed by atoms with Crippen molar-refractivity contribution in [1.29, 1.82) is 0 Å². The van der Waals surface area contributed by atoms with Crippen molar-refractivity contribution in [1.82, 2.24) is 10.2 Å². The largest absolute Gasteiger partial charge is 0.353 e. The van der Waals surface area contributed by atoms with Gasteiger partial charge < -0.3 is 11.1 Å². The molecule has 0 radical (unpaired) electrons.